The lowest BCUT2D eigenvalue weighted by Crippen LogP contribution is -2.22. The van der Waals surface area contributed by atoms with E-state index in [4.69, 9.17) is 9.84 Å². The van der Waals surface area contributed by atoms with Gasteiger partial charge in [0.2, 0.25) is 0 Å². The summed E-state index contributed by atoms with van der Waals surface area (Å²) in [5, 5.41) is 12.2. The zero-order valence-corrected chi connectivity index (χ0v) is 9.56. The Labute approximate surface area is 99.8 Å². The molecule has 1 aromatic rings. The van der Waals surface area contributed by atoms with Gasteiger partial charge in [-0.25, -0.2) is 9.78 Å². The highest BCUT2D eigenvalue weighted by Gasteiger charge is 2.16. The van der Waals surface area contributed by atoms with Gasteiger partial charge in [0.25, 0.3) is 0 Å². The molecule has 2 heterocycles. The van der Waals surface area contributed by atoms with Crippen molar-refractivity contribution >= 4 is 11.8 Å². The highest BCUT2D eigenvalue weighted by atomic mass is 16.5. The molecule has 5 nitrogen and oxygen atoms in total. The van der Waals surface area contributed by atoms with Crippen LogP contribution in [-0.4, -0.2) is 35.3 Å². The van der Waals surface area contributed by atoms with Crippen LogP contribution in [0.5, 0.6) is 0 Å². The average Bonchev–Trinajstić information content (AvgIpc) is 2.58. The van der Waals surface area contributed by atoms with Crippen molar-refractivity contribution in [3.8, 4) is 0 Å². The topological polar surface area (TPSA) is 71.5 Å². The summed E-state index contributed by atoms with van der Waals surface area (Å²) in [5.41, 5.74) is 0.220. The fourth-order valence-corrected chi connectivity index (χ4v) is 1.93. The number of rotatable bonds is 3. The van der Waals surface area contributed by atoms with Gasteiger partial charge in [0.15, 0.2) is 0 Å². The third-order valence-corrected chi connectivity index (χ3v) is 2.83. The lowest BCUT2D eigenvalue weighted by molar-refractivity contribution is 0.0697. The first kappa shape index (κ1) is 11.9. The third kappa shape index (κ3) is 3.17. The molecule has 1 unspecified atom stereocenters. The molecule has 0 radical (unpaired) electrons. The molecule has 0 spiro atoms. The van der Waals surface area contributed by atoms with Gasteiger partial charge in [0, 0.05) is 25.5 Å². The number of hydrogen-bond donors (Lipinski definition) is 2. The summed E-state index contributed by atoms with van der Waals surface area (Å²) >= 11 is 0. The molecule has 17 heavy (non-hydrogen) atoms. The number of ether oxygens (including phenoxy) is 1. The van der Waals surface area contributed by atoms with Crippen molar-refractivity contribution in [3.63, 3.8) is 0 Å². The number of carboxylic acid groups (broad SMARTS) is 1. The Hall–Kier alpha value is -1.62. The van der Waals surface area contributed by atoms with Crippen molar-refractivity contribution in [1.29, 1.82) is 0 Å². The number of nitrogens with zero attached hydrogens (tertiary/aromatic N) is 1. The van der Waals surface area contributed by atoms with E-state index in [1.807, 2.05) is 0 Å². The Balaban J connectivity index is 2.09. The normalized spacial score (nSPS) is 20.6. The number of hydrogen-bond acceptors (Lipinski definition) is 4. The van der Waals surface area contributed by atoms with Crippen LogP contribution in [0.2, 0.25) is 0 Å². The van der Waals surface area contributed by atoms with Gasteiger partial charge in [-0.1, -0.05) is 0 Å². The molecule has 0 bridgehead atoms. The Morgan fingerprint density at radius 1 is 1.47 bits per heavy atom. The zero-order valence-electron chi connectivity index (χ0n) is 9.56. The lowest BCUT2D eigenvalue weighted by atomic mass is 10.1. The third-order valence-electron chi connectivity index (χ3n) is 2.83. The van der Waals surface area contributed by atoms with Gasteiger partial charge in [0.1, 0.15) is 11.4 Å². The molecule has 92 valence electrons. The summed E-state index contributed by atoms with van der Waals surface area (Å²) in [7, 11) is 0. The second-order valence-electron chi connectivity index (χ2n) is 4.09. The predicted octanol–water partition coefficient (Wildman–Crippen LogP) is 1.76. The van der Waals surface area contributed by atoms with Gasteiger partial charge in [-0.05, 0) is 31.4 Å². The van der Waals surface area contributed by atoms with Crippen LogP contribution in [0.1, 0.15) is 29.6 Å². The maximum absolute atomic E-state index is 11.0. The Morgan fingerprint density at radius 3 is 3.18 bits per heavy atom. The minimum absolute atomic E-state index is 0.220. The van der Waals surface area contributed by atoms with E-state index in [-0.39, 0.29) is 11.6 Å². The molecule has 2 N–H and O–H groups in total. The van der Waals surface area contributed by atoms with E-state index in [2.05, 4.69) is 10.3 Å². The van der Waals surface area contributed by atoms with Gasteiger partial charge in [0.05, 0.1) is 0 Å². The molecule has 1 aliphatic heterocycles. The number of nitrogens with one attached hydrogen (secondary N) is 1. The summed E-state index contributed by atoms with van der Waals surface area (Å²) in [6.45, 7) is 1.50. The van der Waals surface area contributed by atoms with Crippen LogP contribution >= 0.6 is 0 Å². The van der Waals surface area contributed by atoms with Gasteiger partial charge in [-0.3, -0.25) is 0 Å². The molecule has 1 atom stereocenters. The van der Waals surface area contributed by atoms with E-state index >= 15 is 0 Å². The first-order chi connectivity index (χ1) is 8.27. The fourth-order valence-electron chi connectivity index (χ4n) is 1.93. The Bertz CT molecular complexity index is 387. The molecule has 0 aliphatic carbocycles. The maximum atomic E-state index is 11.0. The molecule has 1 aliphatic rings. The van der Waals surface area contributed by atoms with Gasteiger partial charge >= 0.3 is 5.97 Å². The fraction of sp³-hybridized carbons (Fsp3) is 0.500. The summed E-state index contributed by atoms with van der Waals surface area (Å²) < 4.78 is 5.36. The minimum Gasteiger partial charge on any atom is -0.478 e. The smallest absolute Gasteiger partial charge is 0.339 e. The largest absolute Gasteiger partial charge is 0.478 e. The number of carboxylic acids is 1. The van der Waals surface area contributed by atoms with Crippen molar-refractivity contribution in [3.05, 3.63) is 23.9 Å². The SMILES string of the molecule is O=C(O)c1cccnc1NC1CCCOCC1. The predicted molar refractivity (Wildman–Crippen MR) is 63.3 cm³/mol. The van der Waals surface area contributed by atoms with Gasteiger partial charge in [-0.15, -0.1) is 0 Å². The quantitative estimate of drug-likeness (QED) is 0.836. The molecule has 1 fully saturated rings. The Morgan fingerprint density at radius 2 is 2.35 bits per heavy atom. The van der Waals surface area contributed by atoms with Crippen molar-refractivity contribution in [2.75, 3.05) is 18.5 Å². The molecular formula is C12H16N2O3. The van der Waals surface area contributed by atoms with E-state index in [0.29, 0.717) is 12.4 Å². The molecule has 1 saturated heterocycles. The van der Waals surface area contributed by atoms with E-state index in [9.17, 15) is 4.79 Å². The standard InChI is InChI=1S/C12H16N2O3/c15-12(16)10-4-1-6-13-11(10)14-9-3-2-7-17-8-5-9/h1,4,6,9H,2-3,5,7-8H2,(H,13,14)(H,15,16). The highest BCUT2D eigenvalue weighted by molar-refractivity contribution is 5.93. The van der Waals surface area contributed by atoms with Gasteiger partial charge < -0.3 is 15.2 Å². The molecule has 5 heteroatoms. The minimum atomic E-state index is -0.953. The van der Waals surface area contributed by atoms with E-state index in [1.165, 1.54) is 0 Å². The number of aromatic carboxylic acids is 1. The number of aromatic nitrogens is 1. The van der Waals surface area contributed by atoms with Crippen LogP contribution < -0.4 is 5.32 Å². The van der Waals surface area contributed by atoms with Crippen molar-refractivity contribution in [2.45, 2.75) is 25.3 Å². The van der Waals surface area contributed by atoms with Crippen molar-refractivity contribution in [2.24, 2.45) is 0 Å². The van der Waals surface area contributed by atoms with Crippen LogP contribution in [0.25, 0.3) is 0 Å². The van der Waals surface area contributed by atoms with E-state index in [1.54, 1.807) is 18.3 Å². The van der Waals surface area contributed by atoms with Crippen LogP contribution in [-0.2, 0) is 4.74 Å². The molecular weight excluding hydrogens is 220 g/mol. The number of anilines is 1. The molecule has 0 aromatic carbocycles. The van der Waals surface area contributed by atoms with Crippen LogP contribution in [0.4, 0.5) is 5.82 Å². The van der Waals surface area contributed by atoms with Crippen LogP contribution in [0.15, 0.2) is 18.3 Å². The van der Waals surface area contributed by atoms with Gasteiger partial charge in [-0.2, -0.15) is 0 Å². The Kier molecular flexibility index (Phi) is 3.93. The van der Waals surface area contributed by atoms with Crippen LogP contribution in [0.3, 0.4) is 0 Å². The van der Waals surface area contributed by atoms with E-state index < -0.39 is 5.97 Å². The van der Waals surface area contributed by atoms with Crippen molar-refractivity contribution in [1.82, 2.24) is 4.98 Å². The summed E-state index contributed by atoms with van der Waals surface area (Å²) in [6.07, 6.45) is 4.46. The highest BCUT2D eigenvalue weighted by Crippen LogP contribution is 2.17. The first-order valence-electron chi connectivity index (χ1n) is 5.80. The zero-order chi connectivity index (χ0) is 12.1. The second-order valence-corrected chi connectivity index (χ2v) is 4.09. The lowest BCUT2D eigenvalue weighted by Gasteiger charge is -2.17. The maximum Gasteiger partial charge on any atom is 0.339 e. The average molecular weight is 236 g/mol. The molecule has 0 saturated carbocycles. The molecule has 0 amide bonds. The number of carbonyl (C=O) groups is 1. The monoisotopic (exact) mass is 236 g/mol. The van der Waals surface area contributed by atoms with Crippen molar-refractivity contribution < 1.29 is 14.6 Å². The van der Waals surface area contributed by atoms with Crippen LogP contribution in [0, 0.1) is 0 Å². The first-order valence-corrected chi connectivity index (χ1v) is 5.80. The summed E-state index contributed by atoms with van der Waals surface area (Å²) in [4.78, 5) is 15.1. The molecule has 2 rings (SSSR count). The summed E-state index contributed by atoms with van der Waals surface area (Å²) in [6, 6.07) is 3.43. The second kappa shape index (κ2) is 5.63. The molecule has 1 aromatic heterocycles. The summed E-state index contributed by atoms with van der Waals surface area (Å²) in [5.74, 6) is -0.502. The van der Waals surface area contributed by atoms with E-state index in [0.717, 1.165) is 25.9 Å². The number of pyridine rings is 1.